The number of fused-ring (bicyclic) bond motifs is 1. The average Bonchev–Trinajstić information content (AvgIpc) is 3.07. The van der Waals surface area contributed by atoms with Crippen molar-refractivity contribution < 1.29 is 47.8 Å². The van der Waals surface area contributed by atoms with Gasteiger partial charge in [-0.15, -0.1) is 5.06 Å². The molecule has 0 N–H and O–H groups in total. The number of hydrogen-bond donors (Lipinski definition) is 0. The van der Waals surface area contributed by atoms with Gasteiger partial charge >= 0.3 is 17.9 Å². The van der Waals surface area contributed by atoms with Crippen LogP contribution in [-0.2, 0) is 38.2 Å². The molecular formula is C26H33NO10. The van der Waals surface area contributed by atoms with E-state index in [1.54, 1.807) is 60.6 Å². The number of ether oxygens (including phenoxy) is 4. The maximum Gasteiger partial charge on any atom is 0.308 e. The number of benzene rings is 1. The highest BCUT2D eigenvalue weighted by Crippen LogP contribution is 2.33. The minimum atomic E-state index is -1.54. The number of hydroxylamine groups is 2. The van der Waals surface area contributed by atoms with Crippen LogP contribution in [0.2, 0.25) is 0 Å². The van der Waals surface area contributed by atoms with Gasteiger partial charge in [0.1, 0.15) is 0 Å². The molecule has 2 heterocycles. The monoisotopic (exact) mass is 519 g/mol. The van der Waals surface area contributed by atoms with Crippen molar-refractivity contribution in [2.24, 2.45) is 17.8 Å². The molecule has 0 radical (unpaired) electrons. The fraction of sp³-hybridized carbons (Fsp3) is 0.577. The van der Waals surface area contributed by atoms with Crippen LogP contribution >= 0.6 is 0 Å². The number of nitrogens with zero attached hydrogens (tertiary/aromatic N) is 1. The number of carbonyl (C=O) groups excluding carboxylic acids is 5. The summed E-state index contributed by atoms with van der Waals surface area (Å²) in [7, 11) is 0. The van der Waals surface area contributed by atoms with E-state index in [1.165, 1.54) is 12.1 Å². The Kier molecular flexibility index (Phi) is 8.70. The van der Waals surface area contributed by atoms with E-state index >= 15 is 0 Å². The molecule has 0 spiro atoms. The maximum absolute atomic E-state index is 12.9. The summed E-state index contributed by atoms with van der Waals surface area (Å²) in [5.74, 6) is -5.01. The lowest BCUT2D eigenvalue weighted by Crippen LogP contribution is -2.63. The van der Waals surface area contributed by atoms with Gasteiger partial charge in [0.15, 0.2) is 18.3 Å². The van der Waals surface area contributed by atoms with Gasteiger partial charge in [-0.25, -0.2) is 4.84 Å². The molecule has 11 heteroatoms. The van der Waals surface area contributed by atoms with Gasteiger partial charge in [-0.3, -0.25) is 24.0 Å². The molecule has 1 aromatic rings. The fourth-order valence-corrected chi connectivity index (χ4v) is 3.66. The maximum atomic E-state index is 12.9. The van der Waals surface area contributed by atoms with E-state index in [1.807, 2.05) is 0 Å². The lowest BCUT2D eigenvalue weighted by molar-refractivity contribution is -0.337. The Morgan fingerprint density at radius 2 is 1.14 bits per heavy atom. The summed E-state index contributed by atoms with van der Waals surface area (Å²) < 4.78 is 22.8. The van der Waals surface area contributed by atoms with Gasteiger partial charge in [-0.05, 0) is 19.1 Å². The number of rotatable bonds is 8. The van der Waals surface area contributed by atoms with Crippen LogP contribution in [-0.4, -0.2) is 65.5 Å². The molecule has 0 saturated carbocycles. The number of esters is 3. The molecule has 1 saturated heterocycles. The molecular weight excluding hydrogens is 486 g/mol. The van der Waals surface area contributed by atoms with E-state index in [2.05, 4.69) is 0 Å². The molecule has 2 aliphatic heterocycles. The van der Waals surface area contributed by atoms with Crippen molar-refractivity contribution in [2.45, 2.75) is 79.2 Å². The van der Waals surface area contributed by atoms with Crippen molar-refractivity contribution in [2.75, 3.05) is 0 Å². The fourth-order valence-electron chi connectivity index (χ4n) is 3.66. The van der Waals surface area contributed by atoms with Crippen molar-refractivity contribution in [3.63, 3.8) is 0 Å². The average molecular weight is 520 g/mol. The van der Waals surface area contributed by atoms with Crippen molar-refractivity contribution in [1.29, 1.82) is 0 Å². The number of hydrogen-bond acceptors (Lipinski definition) is 10. The highest BCUT2D eigenvalue weighted by atomic mass is 16.8. The first-order chi connectivity index (χ1) is 17.3. The smallest absolute Gasteiger partial charge is 0.308 e. The first-order valence-electron chi connectivity index (χ1n) is 12.2. The molecule has 0 aliphatic carbocycles. The van der Waals surface area contributed by atoms with Crippen LogP contribution in [0.25, 0.3) is 0 Å². The Morgan fingerprint density at radius 3 is 1.57 bits per heavy atom. The predicted molar refractivity (Wildman–Crippen MR) is 127 cm³/mol. The standard InChI is InChI=1S/C26H33NO10/c1-12(2)23(30)34-18-15(7)33-26(37-27-21(28)16-10-8-9-11-17(16)22(27)29)20(36-25(32)14(5)6)19(18)35-24(31)13(3)4/h8-15,18-20,26H,1-7H3/t15-,18+,19+,20-,26-/m0/s1. The molecule has 5 atom stereocenters. The number of imide groups is 1. The first-order valence-corrected chi connectivity index (χ1v) is 12.2. The van der Waals surface area contributed by atoms with E-state index in [-0.39, 0.29) is 11.1 Å². The minimum absolute atomic E-state index is 0.138. The minimum Gasteiger partial charge on any atom is -0.455 e. The van der Waals surface area contributed by atoms with Gasteiger partial charge < -0.3 is 18.9 Å². The van der Waals surface area contributed by atoms with Crippen molar-refractivity contribution >= 4 is 29.7 Å². The third-order valence-corrected chi connectivity index (χ3v) is 5.86. The molecule has 2 amide bonds. The Labute approximate surface area is 215 Å². The van der Waals surface area contributed by atoms with Gasteiger partial charge in [-0.1, -0.05) is 53.7 Å². The Morgan fingerprint density at radius 1 is 0.730 bits per heavy atom. The second-order valence-electron chi connectivity index (χ2n) is 9.93. The highest BCUT2D eigenvalue weighted by molar-refractivity contribution is 6.20. The lowest BCUT2D eigenvalue weighted by atomic mass is 9.98. The van der Waals surface area contributed by atoms with Gasteiger partial charge in [-0.2, -0.15) is 0 Å². The topological polar surface area (TPSA) is 135 Å². The van der Waals surface area contributed by atoms with Gasteiger partial charge in [0, 0.05) is 0 Å². The van der Waals surface area contributed by atoms with Crippen LogP contribution in [0, 0.1) is 17.8 Å². The first kappa shape index (κ1) is 28.3. The molecule has 3 rings (SSSR count). The molecule has 0 unspecified atom stereocenters. The van der Waals surface area contributed by atoms with E-state index in [0.717, 1.165) is 0 Å². The summed E-state index contributed by atoms with van der Waals surface area (Å²) >= 11 is 0. The predicted octanol–water partition coefficient (Wildman–Crippen LogP) is 2.66. The van der Waals surface area contributed by atoms with Gasteiger partial charge in [0.2, 0.25) is 6.29 Å². The zero-order chi connectivity index (χ0) is 27.6. The van der Waals surface area contributed by atoms with Crippen LogP contribution in [0.3, 0.4) is 0 Å². The summed E-state index contributed by atoms with van der Waals surface area (Å²) in [4.78, 5) is 69.3. The normalized spacial score (nSPS) is 25.5. The quantitative estimate of drug-likeness (QED) is 0.287. The van der Waals surface area contributed by atoms with E-state index in [9.17, 15) is 24.0 Å². The number of amides is 2. The zero-order valence-corrected chi connectivity index (χ0v) is 22.0. The van der Waals surface area contributed by atoms with Crippen LogP contribution in [0.1, 0.15) is 69.2 Å². The molecule has 0 aromatic heterocycles. The Balaban J connectivity index is 1.99. The molecule has 37 heavy (non-hydrogen) atoms. The second kappa shape index (κ2) is 11.4. The largest absolute Gasteiger partial charge is 0.455 e. The molecule has 1 aromatic carbocycles. The van der Waals surface area contributed by atoms with Crippen molar-refractivity contribution in [1.82, 2.24) is 5.06 Å². The summed E-state index contributed by atoms with van der Waals surface area (Å²) in [5, 5.41) is 0.528. The van der Waals surface area contributed by atoms with E-state index in [0.29, 0.717) is 5.06 Å². The summed E-state index contributed by atoms with van der Waals surface area (Å²) in [5.41, 5.74) is 0.275. The van der Waals surface area contributed by atoms with Crippen LogP contribution in [0.5, 0.6) is 0 Å². The van der Waals surface area contributed by atoms with Crippen LogP contribution < -0.4 is 0 Å². The Hall–Kier alpha value is -3.31. The lowest BCUT2D eigenvalue weighted by Gasteiger charge is -2.44. The second-order valence-corrected chi connectivity index (χ2v) is 9.93. The summed E-state index contributed by atoms with van der Waals surface area (Å²) in [6, 6.07) is 6.17. The summed E-state index contributed by atoms with van der Waals surface area (Å²) in [6.45, 7) is 11.2. The molecule has 1 fully saturated rings. The third kappa shape index (κ3) is 5.99. The number of carbonyl (C=O) groups is 5. The zero-order valence-electron chi connectivity index (χ0n) is 22.0. The van der Waals surface area contributed by atoms with Gasteiger partial charge in [0.05, 0.1) is 35.0 Å². The van der Waals surface area contributed by atoms with Crippen molar-refractivity contribution in [3.8, 4) is 0 Å². The van der Waals surface area contributed by atoms with Crippen LogP contribution in [0.15, 0.2) is 24.3 Å². The SMILES string of the molecule is CC(C)C(=O)O[C@H]1[C@H](OC(=O)C(C)C)[C@H](ON2C(=O)c3ccccc3C2=O)O[C@@H](C)[C@H]1OC(=O)C(C)C. The Bertz CT molecular complexity index is 1030. The third-order valence-electron chi connectivity index (χ3n) is 5.86. The molecule has 0 bridgehead atoms. The van der Waals surface area contributed by atoms with E-state index < -0.39 is 78.2 Å². The molecule has 2 aliphatic rings. The summed E-state index contributed by atoms with van der Waals surface area (Å²) in [6.07, 6.45) is -6.45. The molecule has 202 valence electrons. The van der Waals surface area contributed by atoms with E-state index in [4.69, 9.17) is 23.8 Å². The van der Waals surface area contributed by atoms with Gasteiger partial charge in [0.25, 0.3) is 11.8 Å². The van der Waals surface area contributed by atoms with Crippen molar-refractivity contribution in [3.05, 3.63) is 35.4 Å². The highest BCUT2D eigenvalue weighted by Gasteiger charge is 2.54. The van der Waals surface area contributed by atoms with Crippen LogP contribution in [0.4, 0.5) is 0 Å². The molecule has 11 nitrogen and oxygen atoms in total.